The molecule has 3 unspecified atom stereocenters. The summed E-state index contributed by atoms with van der Waals surface area (Å²) in [5, 5.41) is -1.62. The maximum atomic E-state index is 13.3. The van der Waals surface area contributed by atoms with Crippen LogP contribution in [0.25, 0.3) is 4.13 Å². The van der Waals surface area contributed by atoms with Crippen molar-refractivity contribution in [3.63, 3.8) is 0 Å². The summed E-state index contributed by atoms with van der Waals surface area (Å²) in [4.78, 5) is 0. The quantitative estimate of drug-likeness (QED) is 0.135. The molecular weight excluding hydrogens is 606 g/mol. The van der Waals surface area contributed by atoms with Crippen LogP contribution in [0.4, 0.5) is 26.3 Å². The third-order valence-corrected chi connectivity index (χ3v) is 11.8. The maximum Gasteiger partial charge on any atom is 0.480 e. The zero-order valence-corrected chi connectivity index (χ0v) is 23.8. The summed E-state index contributed by atoms with van der Waals surface area (Å²) < 4.78 is 157. The molecular formula is C20H33F6N2O8S3-. The fourth-order valence-electron chi connectivity index (χ4n) is 3.88. The minimum Gasteiger partial charge on any atom is -0.438 e. The summed E-state index contributed by atoms with van der Waals surface area (Å²) in [5.74, 6) is -0.259. The average Bonchev–Trinajstić information content (AvgIpc) is 2.81. The zero-order valence-electron chi connectivity index (χ0n) is 21.3. The molecule has 0 spiro atoms. The summed E-state index contributed by atoms with van der Waals surface area (Å²) in [6, 6.07) is 0. The lowest BCUT2D eigenvalue weighted by Crippen LogP contribution is -2.34. The Balaban J connectivity index is 3.06. The van der Waals surface area contributed by atoms with Crippen LogP contribution in [-0.4, -0.2) is 77.0 Å². The number of rotatable bonds is 16. The van der Waals surface area contributed by atoms with Crippen molar-refractivity contribution in [2.24, 2.45) is 15.6 Å². The van der Waals surface area contributed by atoms with E-state index in [2.05, 4.69) is 10.3 Å². The largest absolute Gasteiger partial charge is 0.480 e. The highest BCUT2D eigenvalue weighted by Gasteiger charge is 2.47. The Morgan fingerprint density at radius 2 is 1.59 bits per heavy atom. The normalized spacial score (nSPS) is 22.6. The van der Waals surface area contributed by atoms with Crippen molar-refractivity contribution in [2.45, 2.75) is 67.8 Å². The van der Waals surface area contributed by atoms with Gasteiger partial charge in [0.2, 0.25) is 0 Å². The van der Waals surface area contributed by atoms with Crippen LogP contribution in [0, 0.1) is 11.8 Å². The fraction of sp³-hybridized carbons (Fsp3) is 0.900. The number of hydrogen-bond donors (Lipinski definition) is 0. The fourth-order valence-corrected chi connectivity index (χ4v) is 8.80. The van der Waals surface area contributed by atoms with E-state index in [0.717, 1.165) is 0 Å². The van der Waals surface area contributed by atoms with E-state index in [0.29, 0.717) is 32.7 Å². The van der Waals surface area contributed by atoms with Crippen molar-refractivity contribution in [1.29, 1.82) is 0 Å². The lowest BCUT2D eigenvalue weighted by Gasteiger charge is -2.34. The monoisotopic (exact) mass is 639 g/mol. The van der Waals surface area contributed by atoms with Gasteiger partial charge < -0.3 is 18.3 Å². The van der Waals surface area contributed by atoms with Gasteiger partial charge in [0.25, 0.3) is 10.0 Å². The SMILES string of the molecule is C=CCOCC(CC)OCC(CCOC)C1CCC(S(=O)(=O)N=S(=O)([N-]S(=O)(=O)C(F)(F)F)C(F)(F)F)CC1. The van der Waals surface area contributed by atoms with E-state index in [1.54, 1.807) is 6.08 Å². The van der Waals surface area contributed by atoms with E-state index in [4.69, 9.17) is 14.2 Å². The summed E-state index contributed by atoms with van der Waals surface area (Å²) in [5.41, 5.74) is -12.6. The van der Waals surface area contributed by atoms with E-state index < -0.39 is 46.2 Å². The van der Waals surface area contributed by atoms with Crippen LogP contribution in [0.15, 0.2) is 16.4 Å². The van der Waals surface area contributed by atoms with Crippen molar-refractivity contribution in [1.82, 2.24) is 0 Å². The first-order valence-corrected chi connectivity index (χ1v) is 16.2. The molecule has 1 rings (SSSR count). The predicted octanol–water partition coefficient (Wildman–Crippen LogP) is 4.65. The molecule has 0 amide bonds. The van der Waals surface area contributed by atoms with Gasteiger partial charge in [-0.3, -0.25) is 4.21 Å². The van der Waals surface area contributed by atoms with Gasteiger partial charge in [-0.15, -0.1) is 10.3 Å². The second-order valence-corrected chi connectivity index (χ2v) is 14.6. The van der Waals surface area contributed by atoms with Crippen molar-refractivity contribution < 1.29 is 61.6 Å². The smallest absolute Gasteiger partial charge is 0.438 e. The van der Waals surface area contributed by atoms with Gasteiger partial charge in [0.1, 0.15) is 0 Å². The molecule has 0 heterocycles. The third kappa shape index (κ3) is 10.7. The number of sulfonamides is 2. The lowest BCUT2D eigenvalue weighted by molar-refractivity contribution is -0.0432. The summed E-state index contributed by atoms with van der Waals surface area (Å²) >= 11 is 0. The van der Waals surface area contributed by atoms with Crippen molar-refractivity contribution >= 4 is 30.0 Å². The summed E-state index contributed by atoms with van der Waals surface area (Å²) in [6.45, 7) is 6.73. The molecule has 1 saturated carbocycles. The van der Waals surface area contributed by atoms with Crippen molar-refractivity contribution in [3.8, 4) is 0 Å². The van der Waals surface area contributed by atoms with Crippen LogP contribution < -0.4 is 0 Å². The second kappa shape index (κ2) is 14.8. The average molecular weight is 640 g/mol. The first kappa shape index (κ1) is 36.0. The van der Waals surface area contributed by atoms with E-state index in [1.165, 1.54) is 11.2 Å². The molecule has 19 heteroatoms. The van der Waals surface area contributed by atoms with Gasteiger partial charge in [-0.2, -0.15) is 26.3 Å². The molecule has 0 aromatic carbocycles. The molecule has 1 aliphatic carbocycles. The number of halogens is 6. The van der Waals surface area contributed by atoms with Crippen LogP contribution >= 0.6 is 0 Å². The zero-order chi connectivity index (χ0) is 30.1. The second-order valence-electron chi connectivity index (χ2n) is 8.80. The molecule has 1 aliphatic rings. The molecule has 10 nitrogen and oxygen atoms in total. The first-order chi connectivity index (χ1) is 17.8. The molecule has 0 saturated heterocycles. The van der Waals surface area contributed by atoms with E-state index >= 15 is 0 Å². The molecule has 3 atom stereocenters. The third-order valence-electron chi connectivity index (χ3n) is 6.04. The van der Waals surface area contributed by atoms with Crippen LogP contribution in [0.5, 0.6) is 0 Å². The van der Waals surface area contributed by atoms with E-state index in [-0.39, 0.29) is 50.2 Å². The standard InChI is InChI=1S/C20H33F6N2O8S3/c1-4-11-35-14-17(5-2)36-13-16(10-12-34-3)15-6-8-18(9-7-15)37(29,30)27-38(31,19(21,22)23)28-39(32,33)20(24,25)26/h4,15-18H,1,5-14H2,2-3H3/q-1. The summed E-state index contributed by atoms with van der Waals surface area (Å²) in [7, 11) is -17.5. The molecule has 0 bridgehead atoms. The minimum absolute atomic E-state index is 0.120. The molecule has 0 aromatic rings. The Hall–Kier alpha value is -0.990. The first-order valence-electron chi connectivity index (χ1n) is 11.8. The number of ether oxygens (including phenoxy) is 3. The highest BCUT2D eigenvalue weighted by molar-refractivity contribution is 8.16. The highest BCUT2D eigenvalue weighted by Crippen LogP contribution is 2.41. The number of alkyl halides is 6. The van der Waals surface area contributed by atoms with Gasteiger partial charge in [0.15, 0.2) is 10.0 Å². The van der Waals surface area contributed by atoms with E-state index in [1.807, 2.05) is 6.92 Å². The predicted molar refractivity (Wildman–Crippen MR) is 131 cm³/mol. The molecule has 0 aliphatic heterocycles. The van der Waals surface area contributed by atoms with E-state index in [9.17, 15) is 47.4 Å². The Labute approximate surface area is 225 Å². The van der Waals surface area contributed by atoms with Gasteiger partial charge >= 0.3 is 11.0 Å². The van der Waals surface area contributed by atoms with Crippen molar-refractivity contribution in [3.05, 3.63) is 16.8 Å². The number of nitrogens with zero attached hydrogens (tertiary/aromatic N) is 2. The Kier molecular flexibility index (Phi) is 13.6. The number of methoxy groups -OCH3 is 1. The molecule has 1 fully saturated rings. The van der Waals surface area contributed by atoms with Gasteiger partial charge in [0.05, 0.1) is 41.1 Å². The lowest BCUT2D eigenvalue weighted by atomic mass is 9.79. The Morgan fingerprint density at radius 1 is 1.00 bits per heavy atom. The van der Waals surface area contributed by atoms with Crippen LogP contribution in [0.2, 0.25) is 0 Å². The van der Waals surface area contributed by atoms with Crippen LogP contribution in [0.3, 0.4) is 0 Å². The summed E-state index contributed by atoms with van der Waals surface area (Å²) in [6.07, 6.45) is 2.38. The van der Waals surface area contributed by atoms with Crippen LogP contribution in [-0.2, 0) is 44.2 Å². The Morgan fingerprint density at radius 3 is 2.05 bits per heavy atom. The highest BCUT2D eigenvalue weighted by atomic mass is 32.3. The molecule has 0 aromatic heterocycles. The van der Waals surface area contributed by atoms with Gasteiger partial charge in [-0.1, -0.05) is 13.0 Å². The van der Waals surface area contributed by atoms with Gasteiger partial charge in [-0.05, 0) is 50.4 Å². The number of hydrogen-bond acceptors (Lipinski definition) is 8. The minimum atomic E-state index is -6.96. The molecule has 232 valence electrons. The topological polar surface area (TPSA) is 139 Å². The maximum absolute atomic E-state index is 13.3. The van der Waals surface area contributed by atoms with Gasteiger partial charge in [0, 0.05) is 13.7 Å². The van der Waals surface area contributed by atoms with Gasteiger partial charge in [-0.25, -0.2) is 16.8 Å². The molecule has 0 radical (unpaired) electrons. The molecule has 39 heavy (non-hydrogen) atoms. The molecule has 0 N–H and O–H groups in total. The Bertz CT molecular complexity index is 1110. The van der Waals surface area contributed by atoms with Crippen molar-refractivity contribution in [2.75, 3.05) is 33.5 Å². The van der Waals surface area contributed by atoms with Crippen LogP contribution in [0.1, 0.15) is 45.4 Å².